The molecular formula is C18H21N7O. The number of aryl methyl sites for hydroxylation is 2. The Morgan fingerprint density at radius 2 is 1.88 bits per heavy atom. The molecule has 2 amide bonds. The second kappa shape index (κ2) is 8.11. The number of rotatable bonds is 6. The van der Waals surface area contributed by atoms with E-state index >= 15 is 0 Å². The molecule has 0 unspecified atom stereocenters. The first-order valence-corrected chi connectivity index (χ1v) is 8.31. The predicted octanol–water partition coefficient (Wildman–Crippen LogP) is 2.51. The Balaban J connectivity index is 1.41. The first-order valence-electron chi connectivity index (χ1n) is 8.31. The standard InChI is InChI=1S/C18H21N7O/c1-13-10-14(2)12-15(11-13)22-18(26)20-8-7-19-16-4-5-17(24-23-16)25-9-3-6-21-25/h3-6,9-12H,7-8H2,1-2H3,(H,19,23)(H2,20,22,26). The summed E-state index contributed by atoms with van der Waals surface area (Å²) in [6, 6.07) is 11.1. The lowest BCUT2D eigenvalue weighted by atomic mass is 10.1. The predicted molar refractivity (Wildman–Crippen MR) is 101 cm³/mol. The van der Waals surface area contributed by atoms with E-state index in [-0.39, 0.29) is 6.03 Å². The lowest BCUT2D eigenvalue weighted by molar-refractivity contribution is 0.252. The fourth-order valence-electron chi connectivity index (χ4n) is 2.53. The monoisotopic (exact) mass is 351 g/mol. The average Bonchev–Trinajstić information content (AvgIpc) is 3.13. The molecule has 0 aliphatic heterocycles. The van der Waals surface area contributed by atoms with Crippen molar-refractivity contribution >= 4 is 17.5 Å². The Labute approximate surface area is 151 Å². The van der Waals surface area contributed by atoms with Crippen LogP contribution < -0.4 is 16.0 Å². The zero-order valence-corrected chi connectivity index (χ0v) is 14.7. The van der Waals surface area contributed by atoms with Gasteiger partial charge in [-0.05, 0) is 55.3 Å². The van der Waals surface area contributed by atoms with E-state index in [9.17, 15) is 4.79 Å². The maximum atomic E-state index is 11.9. The van der Waals surface area contributed by atoms with Crippen LogP contribution >= 0.6 is 0 Å². The van der Waals surface area contributed by atoms with E-state index in [1.165, 1.54) is 0 Å². The highest BCUT2D eigenvalue weighted by atomic mass is 16.2. The molecule has 2 heterocycles. The van der Waals surface area contributed by atoms with Crippen LogP contribution in [0.5, 0.6) is 0 Å². The van der Waals surface area contributed by atoms with Crippen LogP contribution in [-0.2, 0) is 0 Å². The summed E-state index contributed by atoms with van der Waals surface area (Å²) < 4.78 is 1.63. The first kappa shape index (κ1) is 17.4. The highest BCUT2D eigenvalue weighted by Crippen LogP contribution is 2.13. The van der Waals surface area contributed by atoms with Gasteiger partial charge in [-0.25, -0.2) is 9.48 Å². The normalized spacial score (nSPS) is 10.4. The zero-order valence-electron chi connectivity index (χ0n) is 14.7. The molecule has 0 bridgehead atoms. The van der Waals surface area contributed by atoms with Gasteiger partial charge in [0.15, 0.2) is 5.82 Å². The largest absolute Gasteiger partial charge is 0.367 e. The van der Waals surface area contributed by atoms with E-state index < -0.39 is 0 Å². The van der Waals surface area contributed by atoms with E-state index in [0.717, 1.165) is 16.8 Å². The smallest absolute Gasteiger partial charge is 0.319 e. The number of anilines is 2. The van der Waals surface area contributed by atoms with E-state index in [2.05, 4.69) is 37.3 Å². The third-order valence-electron chi connectivity index (χ3n) is 3.59. The molecule has 1 aromatic carbocycles. The molecule has 0 saturated carbocycles. The van der Waals surface area contributed by atoms with Gasteiger partial charge in [0, 0.05) is 31.2 Å². The molecule has 0 saturated heterocycles. The summed E-state index contributed by atoms with van der Waals surface area (Å²) in [5, 5.41) is 21.0. The summed E-state index contributed by atoms with van der Waals surface area (Å²) in [4.78, 5) is 11.9. The number of aromatic nitrogens is 4. The molecule has 134 valence electrons. The van der Waals surface area contributed by atoms with Gasteiger partial charge in [-0.15, -0.1) is 10.2 Å². The van der Waals surface area contributed by atoms with Crippen molar-refractivity contribution in [2.75, 3.05) is 23.7 Å². The summed E-state index contributed by atoms with van der Waals surface area (Å²) in [7, 11) is 0. The van der Waals surface area contributed by atoms with E-state index in [1.807, 2.05) is 44.2 Å². The van der Waals surface area contributed by atoms with Gasteiger partial charge >= 0.3 is 6.03 Å². The van der Waals surface area contributed by atoms with Crippen LogP contribution in [0.1, 0.15) is 11.1 Å². The molecule has 0 fully saturated rings. The van der Waals surface area contributed by atoms with Crippen molar-refractivity contribution in [3.63, 3.8) is 0 Å². The number of amides is 2. The quantitative estimate of drug-likeness (QED) is 0.593. The molecule has 26 heavy (non-hydrogen) atoms. The number of urea groups is 1. The van der Waals surface area contributed by atoms with E-state index in [0.29, 0.717) is 24.7 Å². The Kier molecular flexibility index (Phi) is 5.43. The molecule has 0 spiro atoms. The molecular weight excluding hydrogens is 330 g/mol. The third-order valence-corrected chi connectivity index (χ3v) is 3.59. The highest BCUT2D eigenvalue weighted by molar-refractivity contribution is 5.89. The zero-order chi connectivity index (χ0) is 18.4. The van der Waals surface area contributed by atoms with Crippen molar-refractivity contribution in [2.24, 2.45) is 0 Å². The van der Waals surface area contributed by atoms with Gasteiger partial charge in [0.1, 0.15) is 5.82 Å². The first-order chi connectivity index (χ1) is 12.6. The third kappa shape index (κ3) is 4.79. The summed E-state index contributed by atoms with van der Waals surface area (Å²) in [6.07, 6.45) is 3.48. The van der Waals surface area contributed by atoms with Crippen molar-refractivity contribution < 1.29 is 4.79 Å². The van der Waals surface area contributed by atoms with Crippen LogP contribution in [0.4, 0.5) is 16.3 Å². The fraction of sp³-hybridized carbons (Fsp3) is 0.222. The number of nitrogens with zero attached hydrogens (tertiary/aromatic N) is 4. The molecule has 0 radical (unpaired) electrons. The van der Waals surface area contributed by atoms with E-state index in [1.54, 1.807) is 17.1 Å². The second-order valence-corrected chi connectivity index (χ2v) is 5.91. The molecule has 8 nitrogen and oxygen atoms in total. The van der Waals surface area contributed by atoms with Gasteiger partial charge < -0.3 is 16.0 Å². The molecule has 3 aromatic rings. The minimum Gasteiger partial charge on any atom is -0.367 e. The Morgan fingerprint density at radius 1 is 1.08 bits per heavy atom. The Morgan fingerprint density at radius 3 is 2.54 bits per heavy atom. The molecule has 3 N–H and O–H groups in total. The lowest BCUT2D eigenvalue weighted by Gasteiger charge is -2.10. The van der Waals surface area contributed by atoms with Crippen molar-refractivity contribution in [1.29, 1.82) is 0 Å². The molecule has 2 aromatic heterocycles. The van der Waals surface area contributed by atoms with Crippen molar-refractivity contribution in [3.05, 3.63) is 59.9 Å². The number of hydrogen-bond donors (Lipinski definition) is 3. The lowest BCUT2D eigenvalue weighted by Crippen LogP contribution is -2.32. The van der Waals surface area contributed by atoms with Gasteiger partial charge in [-0.3, -0.25) is 0 Å². The van der Waals surface area contributed by atoms with Crippen molar-refractivity contribution in [3.8, 4) is 5.82 Å². The van der Waals surface area contributed by atoms with Gasteiger partial charge in [0.05, 0.1) is 0 Å². The fourth-order valence-corrected chi connectivity index (χ4v) is 2.53. The van der Waals surface area contributed by atoms with Crippen LogP contribution in [0.15, 0.2) is 48.8 Å². The number of carbonyl (C=O) groups is 1. The van der Waals surface area contributed by atoms with Crippen molar-refractivity contribution in [2.45, 2.75) is 13.8 Å². The summed E-state index contributed by atoms with van der Waals surface area (Å²) in [5.74, 6) is 1.28. The van der Waals surface area contributed by atoms with Crippen molar-refractivity contribution in [1.82, 2.24) is 25.3 Å². The van der Waals surface area contributed by atoms with Gasteiger partial charge in [0.25, 0.3) is 0 Å². The van der Waals surface area contributed by atoms with Gasteiger partial charge in [-0.2, -0.15) is 5.10 Å². The molecule has 0 aliphatic rings. The number of hydrogen-bond acceptors (Lipinski definition) is 5. The number of carbonyl (C=O) groups excluding carboxylic acids is 1. The molecule has 0 aliphatic carbocycles. The molecule has 0 atom stereocenters. The molecule has 8 heteroatoms. The number of benzene rings is 1. The minimum atomic E-state index is -0.239. The van der Waals surface area contributed by atoms with E-state index in [4.69, 9.17) is 0 Å². The Bertz CT molecular complexity index is 840. The minimum absolute atomic E-state index is 0.239. The second-order valence-electron chi connectivity index (χ2n) is 5.91. The van der Waals surface area contributed by atoms with Gasteiger partial charge in [0.2, 0.25) is 0 Å². The summed E-state index contributed by atoms with van der Waals surface area (Å²) >= 11 is 0. The topological polar surface area (TPSA) is 96.8 Å². The summed E-state index contributed by atoms with van der Waals surface area (Å²) in [6.45, 7) is 4.99. The molecule has 3 rings (SSSR count). The maximum absolute atomic E-state index is 11.9. The van der Waals surface area contributed by atoms with Crippen LogP contribution in [0.25, 0.3) is 5.82 Å². The average molecular weight is 351 g/mol. The van der Waals surface area contributed by atoms with Crippen LogP contribution in [0.3, 0.4) is 0 Å². The van der Waals surface area contributed by atoms with Crippen LogP contribution in [0, 0.1) is 13.8 Å². The Hall–Kier alpha value is -3.42. The summed E-state index contributed by atoms with van der Waals surface area (Å²) in [5.41, 5.74) is 3.01. The van der Waals surface area contributed by atoms with Gasteiger partial charge in [-0.1, -0.05) is 6.07 Å². The van der Waals surface area contributed by atoms with Crippen LogP contribution in [-0.4, -0.2) is 39.1 Å². The maximum Gasteiger partial charge on any atom is 0.319 e. The SMILES string of the molecule is Cc1cc(C)cc(NC(=O)NCCNc2ccc(-n3cccn3)nn2)c1. The number of nitrogens with one attached hydrogen (secondary N) is 3. The van der Waals surface area contributed by atoms with Crippen LogP contribution in [0.2, 0.25) is 0 Å². The highest BCUT2D eigenvalue weighted by Gasteiger charge is 2.03.